The highest BCUT2D eigenvalue weighted by molar-refractivity contribution is 5.91. The minimum Gasteiger partial charge on any atom is -0.391 e. The summed E-state index contributed by atoms with van der Waals surface area (Å²) in [6.45, 7) is 8.37. The molecule has 2 aromatic rings. The summed E-state index contributed by atoms with van der Waals surface area (Å²) in [5, 5.41) is 13.2. The smallest absolute Gasteiger partial charge is 0.389 e. The van der Waals surface area contributed by atoms with Gasteiger partial charge in [0.2, 0.25) is 0 Å². The lowest BCUT2D eigenvalue weighted by Gasteiger charge is -2.29. The largest absolute Gasteiger partial charge is 0.391 e. The number of rotatable bonds is 5. The van der Waals surface area contributed by atoms with Crippen LogP contribution in [0, 0.1) is 18.8 Å². The van der Waals surface area contributed by atoms with E-state index in [1.807, 2.05) is 44.2 Å². The third-order valence-corrected chi connectivity index (χ3v) is 7.92. The van der Waals surface area contributed by atoms with E-state index >= 15 is 0 Å². The maximum Gasteiger partial charge on any atom is 0.389 e. The van der Waals surface area contributed by atoms with E-state index in [0.29, 0.717) is 45.0 Å². The van der Waals surface area contributed by atoms with E-state index in [1.165, 1.54) is 4.90 Å². The van der Waals surface area contributed by atoms with Gasteiger partial charge in [0.05, 0.1) is 19.3 Å². The number of hydrogen-bond acceptors (Lipinski definition) is 6. The van der Waals surface area contributed by atoms with Crippen LogP contribution < -0.4 is 15.1 Å². The summed E-state index contributed by atoms with van der Waals surface area (Å²) in [6.07, 6.45) is -5.16. The summed E-state index contributed by atoms with van der Waals surface area (Å²) in [4.78, 5) is 23.6. The van der Waals surface area contributed by atoms with Gasteiger partial charge in [0.25, 0.3) is 0 Å². The highest BCUT2D eigenvalue weighted by Crippen LogP contribution is 2.35. The number of urea groups is 1. The fourth-order valence-corrected chi connectivity index (χ4v) is 5.63. The molecule has 3 saturated heterocycles. The van der Waals surface area contributed by atoms with Crippen molar-refractivity contribution >= 4 is 23.4 Å². The van der Waals surface area contributed by atoms with Crippen molar-refractivity contribution in [2.45, 2.75) is 39.0 Å². The molecule has 1 aromatic heterocycles. The topological polar surface area (TPSA) is 81.2 Å². The van der Waals surface area contributed by atoms with Crippen molar-refractivity contribution in [3.63, 3.8) is 0 Å². The molecule has 0 bridgehead atoms. The van der Waals surface area contributed by atoms with Crippen LogP contribution in [0.4, 0.5) is 35.3 Å². The monoisotopic (exact) mass is 547 g/mol. The summed E-state index contributed by atoms with van der Waals surface area (Å²) in [5.41, 5.74) is 3.46. The van der Waals surface area contributed by atoms with Crippen molar-refractivity contribution < 1.29 is 27.8 Å². The average molecular weight is 548 g/mol. The van der Waals surface area contributed by atoms with E-state index in [9.17, 15) is 23.1 Å². The van der Waals surface area contributed by atoms with Crippen LogP contribution in [0.25, 0.3) is 11.1 Å². The fraction of sp³-hybridized carbons (Fsp3) is 0.571. The maximum absolute atomic E-state index is 12.9. The number of aliphatic hydroxyl groups excluding tert-OH is 1. The molecule has 3 aliphatic rings. The number of aromatic nitrogens is 1. The van der Waals surface area contributed by atoms with E-state index in [4.69, 9.17) is 9.72 Å². The van der Waals surface area contributed by atoms with Crippen molar-refractivity contribution in [2.24, 2.45) is 11.8 Å². The molecule has 0 spiro atoms. The van der Waals surface area contributed by atoms with Crippen molar-refractivity contribution in [2.75, 3.05) is 67.6 Å². The summed E-state index contributed by atoms with van der Waals surface area (Å²) >= 11 is 0. The second-order valence-electron chi connectivity index (χ2n) is 11.0. The predicted octanol–water partition coefficient (Wildman–Crippen LogP) is 4.52. The van der Waals surface area contributed by atoms with Crippen LogP contribution in [0.2, 0.25) is 0 Å². The number of pyridine rings is 1. The molecule has 212 valence electrons. The number of morpholine rings is 1. The van der Waals surface area contributed by atoms with Crippen LogP contribution in [0.1, 0.15) is 25.3 Å². The second kappa shape index (κ2) is 11.2. The van der Waals surface area contributed by atoms with Gasteiger partial charge in [0.1, 0.15) is 11.6 Å². The molecule has 11 heteroatoms. The van der Waals surface area contributed by atoms with Crippen LogP contribution in [0.15, 0.2) is 30.3 Å². The first kappa shape index (κ1) is 27.5. The first-order valence-corrected chi connectivity index (χ1v) is 13.6. The minimum absolute atomic E-state index is 0.0980. The molecule has 5 rings (SSSR count). The van der Waals surface area contributed by atoms with E-state index in [0.717, 1.165) is 41.4 Å². The summed E-state index contributed by atoms with van der Waals surface area (Å²) in [6, 6.07) is 9.31. The number of benzene rings is 1. The Bertz CT molecular complexity index is 1180. The normalized spacial score (nSPS) is 23.9. The Kier molecular flexibility index (Phi) is 7.91. The Hall–Kier alpha value is -3.05. The molecule has 39 heavy (non-hydrogen) atoms. The lowest BCUT2D eigenvalue weighted by molar-refractivity contribution is -0.143. The third kappa shape index (κ3) is 6.58. The molecule has 2 amide bonds. The standard InChI is InChI=1S/C28H36F3N5O3/c1-18-3-4-22(32-27(38)35-6-5-20(16-35)14-28(29,30)31)13-23(18)21-11-25(34-7-9-39-10-8-34)33-26(12-21)36-15-19(2)24(37)17-36/h3-4,11-13,19-20,24,37H,5-10,14-17H2,1-2H3,(H,32,38)/t19?,20-,24-/m0/s1. The molecule has 0 saturated carbocycles. The summed E-state index contributed by atoms with van der Waals surface area (Å²) in [5.74, 6) is 1.20. The third-order valence-electron chi connectivity index (χ3n) is 7.92. The zero-order valence-electron chi connectivity index (χ0n) is 22.4. The van der Waals surface area contributed by atoms with Crippen LogP contribution in [-0.2, 0) is 4.74 Å². The Labute approximate surface area is 226 Å². The number of aliphatic hydroxyl groups is 1. The van der Waals surface area contributed by atoms with Gasteiger partial charge in [0, 0.05) is 57.3 Å². The van der Waals surface area contributed by atoms with Gasteiger partial charge in [-0.1, -0.05) is 13.0 Å². The van der Waals surface area contributed by atoms with Gasteiger partial charge in [0.15, 0.2) is 0 Å². The molecule has 4 heterocycles. The van der Waals surface area contributed by atoms with E-state index in [1.54, 1.807) is 0 Å². The molecule has 0 radical (unpaired) electrons. The van der Waals surface area contributed by atoms with Gasteiger partial charge in [-0.25, -0.2) is 9.78 Å². The van der Waals surface area contributed by atoms with Gasteiger partial charge in [-0.2, -0.15) is 13.2 Å². The van der Waals surface area contributed by atoms with Gasteiger partial charge < -0.3 is 29.9 Å². The molecule has 2 N–H and O–H groups in total. The average Bonchev–Trinajstić information content (AvgIpc) is 3.50. The number of nitrogens with zero attached hydrogens (tertiary/aromatic N) is 4. The molecule has 3 aliphatic heterocycles. The first-order valence-electron chi connectivity index (χ1n) is 13.6. The lowest BCUT2D eigenvalue weighted by atomic mass is 10.00. The number of hydrogen-bond donors (Lipinski definition) is 2. The Morgan fingerprint density at radius 2 is 1.79 bits per heavy atom. The van der Waals surface area contributed by atoms with Crippen LogP contribution >= 0.6 is 0 Å². The van der Waals surface area contributed by atoms with Crippen molar-refractivity contribution in [1.82, 2.24) is 9.88 Å². The Morgan fingerprint density at radius 3 is 2.46 bits per heavy atom. The number of carbonyl (C=O) groups excluding carboxylic acids is 1. The van der Waals surface area contributed by atoms with Crippen molar-refractivity contribution in [1.29, 1.82) is 0 Å². The minimum atomic E-state index is -4.22. The number of β-amino-alcohol motifs (C(OH)–C–C–N with tert-alkyl or cyclic N) is 1. The SMILES string of the molecule is Cc1ccc(NC(=O)N2CC[C@@H](CC(F)(F)F)C2)cc1-c1cc(N2CCOCC2)nc(N2CC(C)[C@@H](O)C2)c1. The highest BCUT2D eigenvalue weighted by atomic mass is 19.4. The summed E-state index contributed by atoms with van der Waals surface area (Å²) < 4.78 is 43.9. The quantitative estimate of drug-likeness (QED) is 0.573. The van der Waals surface area contributed by atoms with Gasteiger partial charge in [-0.3, -0.25) is 0 Å². The molecule has 0 aliphatic carbocycles. The molecule has 1 unspecified atom stereocenters. The number of carbonyl (C=O) groups is 1. The van der Waals surface area contributed by atoms with Crippen LogP contribution in [-0.4, -0.2) is 85.8 Å². The second-order valence-corrected chi connectivity index (χ2v) is 11.0. The van der Waals surface area contributed by atoms with E-state index in [-0.39, 0.29) is 18.5 Å². The molecule has 3 fully saturated rings. The van der Waals surface area contributed by atoms with Crippen molar-refractivity contribution in [3.05, 3.63) is 35.9 Å². The zero-order chi connectivity index (χ0) is 27.7. The molecular formula is C28H36F3N5O3. The summed E-state index contributed by atoms with van der Waals surface area (Å²) in [7, 11) is 0. The predicted molar refractivity (Wildman–Crippen MR) is 144 cm³/mol. The van der Waals surface area contributed by atoms with Crippen LogP contribution in [0.3, 0.4) is 0 Å². The number of ether oxygens (including phenoxy) is 1. The number of alkyl halides is 3. The maximum atomic E-state index is 12.9. The number of halogens is 3. The molecular weight excluding hydrogens is 511 g/mol. The number of nitrogens with one attached hydrogen (secondary N) is 1. The van der Waals surface area contributed by atoms with Gasteiger partial charge in [-0.05, 0) is 60.2 Å². The van der Waals surface area contributed by atoms with E-state index in [2.05, 4.69) is 15.1 Å². The fourth-order valence-electron chi connectivity index (χ4n) is 5.63. The highest BCUT2D eigenvalue weighted by Gasteiger charge is 2.36. The van der Waals surface area contributed by atoms with Crippen LogP contribution in [0.5, 0.6) is 0 Å². The number of aryl methyl sites for hydroxylation is 1. The zero-order valence-corrected chi connectivity index (χ0v) is 22.4. The van der Waals surface area contributed by atoms with Gasteiger partial charge >= 0.3 is 12.2 Å². The first-order chi connectivity index (χ1) is 18.6. The number of amides is 2. The molecule has 1 aromatic carbocycles. The number of likely N-dealkylation sites (tertiary alicyclic amines) is 1. The van der Waals surface area contributed by atoms with E-state index < -0.39 is 24.6 Å². The lowest BCUT2D eigenvalue weighted by Crippen LogP contribution is -2.37. The number of anilines is 3. The molecule has 3 atom stereocenters. The van der Waals surface area contributed by atoms with Crippen molar-refractivity contribution in [3.8, 4) is 11.1 Å². The van der Waals surface area contributed by atoms with Gasteiger partial charge in [-0.15, -0.1) is 0 Å². The Balaban J connectivity index is 1.39. The Morgan fingerprint density at radius 1 is 1.08 bits per heavy atom. The molecule has 8 nitrogen and oxygen atoms in total.